The molecule has 0 unspecified atom stereocenters. The maximum atomic E-state index is 5.96. The Morgan fingerprint density at radius 2 is 1.74 bits per heavy atom. The maximum Gasteiger partial charge on any atom is 0.0809 e. The zero-order valence-electron chi connectivity index (χ0n) is 16.1. The summed E-state index contributed by atoms with van der Waals surface area (Å²) in [5, 5.41) is 0. The van der Waals surface area contributed by atoms with Crippen LogP contribution in [-0.4, -0.2) is 32.1 Å². The van der Waals surface area contributed by atoms with Gasteiger partial charge in [-0.3, -0.25) is 0 Å². The highest BCUT2D eigenvalue weighted by Gasteiger charge is 2.22. The van der Waals surface area contributed by atoms with Crippen LogP contribution in [0.3, 0.4) is 0 Å². The summed E-state index contributed by atoms with van der Waals surface area (Å²) in [6, 6.07) is 17.9. The lowest BCUT2D eigenvalue weighted by molar-refractivity contribution is 0.115. The lowest BCUT2D eigenvalue weighted by Gasteiger charge is -2.09. The lowest BCUT2D eigenvalue weighted by Crippen LogP contribution is -2.14. The van der Waals surface area contributed by atoms with E-state index in [0.717, 1.165) is 19.6 Å². The van der Waals surface area contributed by atoms with Crippen LogP contribution in [0.15, 0.2) is 58.3 Å². The number of aryl methyl sites for hydroxylation is 1. The third kappa shape index (κ3) is 4.14. The third-order valence-electron chi connectivity index (χ3n) is 4.70. The van der Waals surface area contributed by atoms with Crippen molar-refractivity contribution >= 4 is 23.1 Å². The largest absolute Gasteiger partial charge is 0.376 e. The van der Waals surface area contributed by atoms with Gasteiger partial charge in [-0.25, -0.2) is 0 Å². The predicted molar refractivity (Wildman–Crippen MR) is 117 cm³/mol. The van der Waals surface area contributed by atoms with Gasteiger partial charge >= 0.3 is 0 Å². The quantitative estimate of drug-likeness (QED) is 0.354. The highest BCUT2D eigenvalue weighted by molar-refractivity contribution is 7.99. The normalized spacial score (nSPS) is 12.4. The molecule has 0 fully saturated rings. The molecule has 1 aromatic heterocycles. The molecule has 0 atom stereocenters. The first-order valence-corrected chi connectivity index (χ1v) is 11.0. The Labute approximate surface area is 170 Å². The van der Waals surface area contributed by atoms with Crippen molar-refractivity contribution in [3.05, 3.63) is 59.0 Å². The van der Waals surface area contributed by atoms with Gasteiger partial charge in [0, 0.05) is 37.3 Å². The summed E-state index contributed by atoms with van der Waals surface area (Å²) < 4.78 is 5.96. The van der Waals surface area contributed by atoms with E-state index >= 15 is 0 Å². The van der Waals surface area contributed by atoms with E-state index in [9.17, 15) is 0 Å². The van der Waals surface area contributed by atoms with Crippen LogP contribution in [0.4, 0.5) is 0 Å². The number of thiophene rings is 1. The average Bonchev–Trinajstić information content (AvgIpc) is 3.02. The molecule has 1 aliphatic heterocycles. The molecule has 0 bridgehead atoms. The zero-order chi connectivity index (χ0) is 18.8. The van der Waals surface area contributed by atoms with Gasteiger partial charge in [-0.15, -0.1) is 11.3 Å². The second kappa shape index (κ2) is 8.19. The molecule has 0 saturated carbocycles. The van der Waals surface area contributed by atoms with E-state index in [1.807, 2.05) is 23.1 Å². The number of benzene rings is 2. The molecule has 0 saturated heterocycles. The average molecular weight is 396 g/mol. The van der Waals surface area contributed by atoms with Crippen LogP contribution in [0, 0.1) is 6.92 Å². The van der Waals surface area contributed by atoms with Crippen LogP contribution >= 0.6 is 23.1 Å². The van der Waals surface area contributed by atoms with Gasteiger partial charge in [-0.2, -0.15) is 0 Å². The molecule has 0 spiro atoms. The minimum atomic E-state index is 0.696. The summed E-state index contributed by atoms with van der Waals surface area (Å²) >= 11 is 3.76. The number of hydrogen-bond acceptors (Lipinski definition) is 4. The minimum absolute atomic E-state index is 0.696. The van der Waals surface area contributed by atoms with Crippen LogP contribution in [0.25, 0.3) is 21.6 Å². The molecular weight excluding hydrogens is 370 g/mol. The topological polar surface area (TPSA) is 12.5 Å². The van der Waals surface area contributed by atoms with Crippen LogP contribution in [0.2, 0.25) is 0 Å². The highest BCUT2D eigenvalue weighted by atomic mass is 32.2. The van der Waals surface area contributed by atoms with Gasteiger partial charge < -0.3 is 9.64 Å². The van der Waals surface area contributed by atoms with Gasteiger partial charge in [0.05, 0.1) is 6.61 Å². The fourth-order valence-corrected chi connectivity index (χ4v) is 5.66. The number of fused-ring (bicyclic) bond motifs is 5. The van der Waals surface area contributed by atoms with Crippen molar-refractivity contribution in [2.24, 2.45) is 0 Å². The summed E-state index contributed by atoms with van der Waals surface area (Å²) in [7, 11) is 4.20. The summed E-state index contributed by atoms with van der Waals surface area (Å²) in [6.07, 6.45) is 1.07. The van der Waals surface area contributed by atoms with E-state index in [1.165, 1.54) is 41.8 Å². The minimum Gasteiger partial charge on any atom is -0.376 e. The summed E-state index contributed by atoms with van der Waals surface area (Å²) in [6.45, 7) is 4.74. The SMILES string of the molecule is Cc1ccc2c(c1)-c1sc(COCCCN(C)C)cc1-c1ccccc1S2. The first-order valence-electron chi connectivity index (χ1n) is 9.35. The molecule has 4 heteroatoms. The lowest BCUT2D eigenvalue weighted by atomic mass is 10.0. The smallest absolute Gasteiger partial charge is 0.0809 e. The van der Waals surface area contributed by atoms with Crippen molar-refractivity contribution < 1.29 is 4.74 Å². The van der Waals surface area contributed by atoms with E-state index in [4.69, 9.17) is 4.74 Å². The Balaban J connectivity index is 1.65. The van der Waals surface area contributed by atoms with Gasteiger partial charge in [0.25, 0.3) is 0 Å². The summed E-state index contributed by atoms with van der Waals surface area (Å²) in [5.74, 6) is 0. The molecule has 0 amide bonds. The monoisotopic (exact) mass is 395 g/mol. The summed E-state index contributed by atoms with van der Waals surface area (Å²) in [4.78, 5) is 7.55. The van der Waals surface area contributed by atoms with Crippen LogP contribution in [0.1, 0.15) is 16.9 Å². The number of hydrogen-bond donors (Lipinski definition) is 0. The van der Waals surface area contributed by atoms with E-state index in [-0.39, 0.29) is 0 Å². The Morgan fingerprint density at radius 3 is 2.59 bits per heavy atom. The van der Waals surface area contributed by atoms with E-state index in [0.29, 0.717) is 6.61 Å². The Bertz CT molecular complexity index is 945. The van der Waals surface area contributed by atoms with Gasteiger partial charge in [0.1, 0.15) is 0 Å². The van der Waals surface area contributed by atoms with E-state index < -0.39 is 0 Å². The van der Waals surface area contributed by atoms with E-state index in [2.05, 4.69) is 74.4 Å². The van der Waals surface area contributed by atoms with Gasteiger partial charge in [-0.1, -0.05) is 41.6 Å². The molecule has 4 rings (SSSR count). The molecule has 2 heterocycles. The van der Waals surface area contributed by atoms with Crippen molar-refractivity contribution in [3.63, 3.8) is 0 Å². The van der Waals surface area contributed by atoms with Crippen molar-refractivity contribution in [2.45, 2.75) is 29.7 Å². The number of ether oxygens (including phenoxy) is 1. The van der Waals surface area contributed by atoms with Gasteiger partial charge in [0.2, 0.25) is 0 Å². The summed E-state index contributed by atoms with van der Waals surface area (Å²) in [5.41, 5.74) is 5.34. The second-order valence-corrected chi connectivity index (χ2v) is 9.48. The van der Waals surface area contributed by atoms with Gasteiger partial charge in [0.15, 0.2) is 0 Å². The third-order valence-corrected chi connectivity index (χ3v) is 6.99. The first kappa shape index (κ1) is 18.8. The molecule has 0 aliphatic carbocycles. The molecule has 27 heavy (non-hydrogen) atoms. The molecular formula is C23H25NOS2. The first-order chi connectivity index (χ1) is 13.1. The standard InChI is InChI=1S/C23H25NOS2/c1-16-9-10-22-20(13-16)23-19(18-7-4-5-8-21(18)27-22)14-17(26-23)15-25-12-6-11-24(2)3/h4-5,7-10,13-14H,6,11-12,15H2,1-3H3. The fourth-order valence-electron chi connectivity index (χ4n) is 3.38. The van der Waals surface area contributed by atoms with Crippen LogP contribution < -0.4 is 0 Å². The Morgan fingerprint density at radius 1 is 0.926 bits per heavy atom. The van der Waals surface area contributed by atoms with Crippen molar-refractivity contribution in [1.29, 1.82) is 0 Å². The highest BCUT2D eigenvalue weighted by Crippen LogP contribution is 2.51. The fraction of sp³-hybridized carbons (Fsp3) is 0.304. The molecule has 2 nitrogen and oxygen atoms in total. The maximum absolute atomic E-state index is 5.96. The van der Waals surface area contributed by atoms with Crippen LogP contribution in [-0.2, 0) is 11.3 Å². The van der Waals surface area contributed by atoms with Gasteiger partial charge in [-0.05, 0) is 63.8 Å². The molecule has 1 aliphatic rings. The molecule has 2 aromatic carbocycles. The van der Waals surface area contributed by atoms with Crippen molar-refractivity contribution in [2.75, 3.05) is 27.2 Å². The molecule has 3 aromatic rings. The zero-order valence-corrected chi connectivity index (χ0v) is 17.8. The van der Waals surface area contributed by atoms with Crippen molar-refractivity contribution in [3.8, 4) is 21.6 Å². The number of nitrogens with zero attached hydrogens (tertiary/aromatic N) is 1. The predicted octanol–water partition coefficient (Wildman–Crippen LogP) is 6.32. The molecule has 140 valence electrons. The molecule has 0 radical (unpaired) electrons. The number of rotatable bonds is 6. The van der Waals surface area contributed by atoms with E-state index in [1.54, 1.807) is 0 Å². The van der Waals surface area contributed by atoms with Crippen LogP contribution in [0.5, 0.6) is 0 Å². The second-order valence-electron chi connectivity index (χ2n) is 7.26. The molecule has 0 N–H and O–H groups in total. The van der Waals surface area contributed by atoms with Crippen molar-refractivity contribution in [1.82, 2.24) is 4.90 Å². The Hall–Kier alpha value is -1.59. The Kier molecular flexibility index (Phi) is 5.69.